The van der Waals surface area contributed by atoms with Crippen molar-refractivity contribution in [3.63, 3.8) is 0 Å². The summed E-state index contributed by atoms with van der Waals surface area (Å²) >= 11 is 0. The summed E-state index contributed by atoms with van der Waals surface area (Å²) in [5.74, 6) is -0.190. The highest BCUT2D eigenvalue weighted by Crippen LogP contribution is 2.32. The smallest absolute Gasteiger partial charge is 0.264 e. The van der Waals surface area contributed by atoms with Gasteiger partial charge in [-0.05, 0) is 62.7 Å². The van der Waals surface area contributed by atoms with Crippen LogP contribution in [0.3, 0.4) is 0 Å². The quantitative estimate of drug-likeness (QED) is 0.426. The van der Waals surface area contributed by atoms with Crippen molar-refractivity contribution in [3.8, 4) is 5.75 Å². The Kier molecular flexibility index (Phi) is 8.42. The number of sulfonamides is 1. The van der Waals surface area contributed by atoms with Crippen molar-refractivity contribution in [2.24, 2.45) is 0 Å². The molecule has 1 unspecified atom stereocenters. The van der Waals surface area contributed by atoms with Gasteiger partial charge in [0.05, 0.1) is 28.1 Å². The third kappa shape index (κ3) is 6.44. The van der Waals surface area contributed by atoms with Gasteiger partial charge in [0.25, 0.3) is 10.0 Å². The predicted octanol–water partition coefficient (Wildman–Crippen LogP) is 3.87. The van der Waals surface area contributed by atoms with Crippen LogP contribution in [0, 0.1) is 6.92 Å². The predicted molar refractivity (Wildman–Crippen MR) is 139 cm³/mol. The van der Waals surface area contributed by atoms with Gasteiger partial charge in [-0.3, -0.25) is 9.10 Å². The minimum absolute atomic E-state index is 0.0524. The minimum Gasteiger partial charge on any atom is -0.492 e. The normalized spacial score (nSPS) is 12.6. The van der Waals surface area contributed by atoms with Crippen LogP contribution in [0.15, 0.2) is 82.6 Å². The van der Waals surface area contributed by atoms with Crippen LogP contribution in [0.1, 0.15) is 31.0 Å². The van der Waals surface area contributed by atoms with Gasteiger partial charge in [0.1, 0.15) is 12.3 Å². The molecule has 0 bridgehead atoms. The molecular weight excluding hydrogens is 500 g/mol. The number of rotatable bonds is 10. The molecule has 0 saturated heterocycles. The molecular formula is C26H30N2O6S2. The molecule has 0 heterocycles. The maximum absolute atomic E-state index is 13.7. The number of para-hydroxylation sites is 2. The first-order chi connectivity index (χ1) is 16.9. The first-order valence-corrected chi connectivity index (χ1v) is 14.7. The van der Waals surface area contributed by atoms with E-state index in [0.29, 0.717) is 17.9 Å². The van der Waals surface area contributed by atoms with Gasteiger partial charge in [-0.1, -0.05) is 42.0 Å². The van der Waals surface area contributed by atoms with E-state index in [2.05, 4.69) is 5.32 Å². The third-order valence-corrected chi connectivity index (χ3v) is 8.42. The second-order valence-corrected chi connectivity index (χ2v) is 12.2. The molecule has 0 aliphatic heterocycles. The first-order valence-electron chi connectivity index (χ1n) is 11.3. The van der Waals surface area contributed by atoms with Gasteiger partial charge in [0.15, 0.2) is 9.84 Å². The summed E-state index contributed by atoms with van der Waals surface area (Å²) in [7, 11) is -7.45. The van der Waals surface area contributed by atoms with E-state index < -0.39 is 38.4 Å². The Morgan fingerprint density at radius 2 is 1.50 bits per heavy atom. The highest BCUT2D eigenvalue weighted by molar-refractivity contribution is 7.93. The Labute approximate surface area is 212 Å². The zero-order chi connectivity index (χ0) is 26.5. The second kappa shape index (κ2) is 11.1. The van der Waals surface area contributed by atoms with E-state index in [0.717, 1.165) is 16.1 Å². The van der Waals surface area contributed by atoms with E-state index in [-0.39, 0.29) is 15.5 Å². The van der Waals surface area contributed by atoms with Crippen molar-refractivity contribution in [1.29, 1.82) is 0 Å². The Hall–Kier alpha value is -3.37. The minimum atomic E-state index is -4.10. The standard InChI is InChI=1S/C26H30N2O6S2/c1-5-34-25-9-7-6-8-24(25)28(36(32,33)23-14-10-19(2)11-15-23)18-26(29)27-20(3)21-12-16-22(17-13-21)35(4,30)31/h6-17,20H,5,18H2,1-4H3,(H,27,29). The lowest BCUT2D eigenvalue weighted by atomic mass is 10.1. The van der Waals surface area contributed by atoms with Crippen LogP contribution < -0.4 is 14.4 Å². The molecule has 0 aromatic heterocycles. The van der Waals surface area contributed by atoms with Gasteiger partial charge in [-0.2, -0.15) is 0 Å². The third-order valence-electron chi connectivity index (χ3n) is 5.52. The molecule has 3 rings (SSSR count). The first kappa shape index (κ1) is 27.2. The van der Waals surface area contributed by atoms with Gasteiger partial charge in [-0.15, -0.1) is 0 Å². The number of hydrogen-bond acceptors (Lipinski definition) is 6. The van der Waals surface area contributed by atoms with Crippen LogP contribution in [0.5, 0.6) is 5.75 Å². The number of amides is 1. The van der Waals surface area contributed by atoms with Gasteiger partial charge in [0.2, 0.25) is 5.91 Å². The lowest BCUT2D eigenvalue weighted by Gasteiger charge is -2.26. The van der Waals surface area contributed by atoms with Crippen LogP contribution in [-0.4, -0.2) is 42.2 Å². The molecule has 0 aliphatic rings. The fourth-order valence-electron chi connectivity index (χ4n) is 3.58. The molecule has 0 fully saturated rings. The number of aryl methyl sites for hydroxylation is 1. The molecule has 1 atom stereocenters. The average Bonchev–Trinajstić information content (AvgIpc) is 2.83. The van der Waals surface area contributed by atoms with Gasteiger partial charge in [-0.25, -0.2) is 16.8 Å². The average molecular weight is 531 g/mol. The Morgan fingerprint density at radius 1 is 0.917 bits per heavy atom. The van der Waals surface area contributed by atoms with Crippen LogP contribution in [0.25, 0.3) is 0 Å². The SMILES string of the molecule is CCOc1ccccc1N(CC(=O)NC(C)c1ccc(S(C)(=O)=O)cc1)S(=O)(=O)c1ccc(C)cc1. The number of benzene rings is 3. The maximum atomic E-state index is 13.7. The maximum Gasteiger partial charge on any atom is 0.264 e. The van der Waals surface area contributed by atoms with Crippen molar-refractivity contribution in [2.45, 2.75) is 36.6 Å². The zero-order valence-electron chi connectivity index (χ0n) is 20.6. The van der Waals surface area contributed by atoms with E-state index in [1.165, 1.54) is 24.3 Å². The summed E-state index contributed by atoms with van der Waals surface area (Å²) in [6.45, 7) is 5.23. The number of hydrogen-bond donors (Lipinski definition) is 1. The van der Waals surface area contributed by atoms with Crippen LogP contribution in [0.2, 0.25) is 0 Å². The Bertz CT molecular complexity index is 1420. The largest absolute Gasteiger partial charge is 0.492 e. The Morgan fingerprint density at radius 3 is 2.08 bits per heavy atom. The molecule has 3 aromatic carbocycles. The summed E-state index contributed by atoms with van der Waals surface area (Å²) in [5, 5.41) is 2.80. The molecule has 1 N–H and O–H groups in total. The van der Waals surface area contributed by atoms with Crippen LogP contribution in [-0.2, 0) is 24.7 Å². The molecule has 3 aromatic rings. The number of nitrogens with zero attached hydrogens (tertiary/aromatic N) is 1. The molecule has 0 radical (unpaired) electrons. The van der Waals surface area contributed by atoms with Crippen molar-refractivity contribution >= 4 is 31.5 Å². The molecule has 192 valence electrons. The van der Waals surface area contributed by atoms with Crippen LogP contribution in [0.4, 0.5) is 5.69 Å². The van der Waals surface area contributed by atoms with Gasteiger partial charge >= 0.3 is 0 Å². The van der Waals surface area contributed by atoms with E-state index in [1.807, 2.05) is 6.92 Å². The molecule has 36 heavy (non-hydrogen) atoms. The monoisotopic (exact) mass is 530 g/mol. The van der Waals surface area contributed by atoms with E-state index >= 15 is 0 Å². The Balaban J connectivity index is 1.91. The van der Waals surface area contributed by atoms with Crippen molar-refractivity contribution in [3.05, 3.63) is 83.9 Å². The number of carbonyl (C=O) groups excluding carboxylic acids is 1. The summed E-state index contributed by atoms with van der Waals surface area (Å²) in [6.07, 6.45) is 1.12. The number of sulfone groups is 1. The number of nitrogens with one attached hydrogen (secondary N) is 1. The number of ether oxygens (including phenoxy) is 1. The number of carbonyl (C=O) groups is 1. The van der Waals surface area contributed by atoms with Crippen molar-refractivity contribution in [2.75, 3.05) is 23.7 Å². The molecule has 10 heteroatoms. The highest BCUT2D eigenvalue weighted by Gasteiger charge is 2.30. The summed E-state index contributed by atoms with van der Waals surface area (Å²) in [5.41, 5.74) is 1.84. The topological polar surface area (TPSA) is 110 Å². The molecule has 0 saturated carbocycles. The van der Waals surface area contributed by atoms with E-state index in [1.54, 1.807) is 62.4 Å². The van der Waals surface area contributed by atoms with Gasteiger partial charge in [0, 0.05) is 6.26 Å². The summed E-state index contributed by atoms with van der Waals surface area (Å²) < 4.78 is 57.4. The second-order valence-electron chi connectivity index (χ2n) is 8.36. The van der Waals surface area contributed by atoms with E-state index in [9.17, 15) is 21.6 Å². The van der Waals surface area contributed by atoms with Crippen molar-refractivity contribution in [1.82, 2.24) is 5.32 Å². The zero-order valence-corrected chi connectivity index (χ0v) is 22.3. The lowest BCUT2D eigenvalue weighted by molar-refractivity contribution is -0.120. The number of anilines is 1. The summed E-state index contributed by atoms with van der Waals surface area (Å²) in [4.78, 5) is 13.3. The molecule has 1 amide bonds. The lowest BCUT2D eigenvalue weighted by Crippen LogP contribution is -2.41. The molecule has 8 nitrogen and oxygen atoms in total. The fourth-order valence-corrected chi connectivity index (χ4v) is 5.64. The summed E-state index contributed by atoms with van der Waals surface area (Å²) in [6, 6.07) is 18.7. The highest BCUT2D eigenvalue weighted by atomic mass is 32.2. The van der Waals surface area contributed by atoms with Crippen LogP contribution >= 0.6 is 0 Å². The molecule has 0 aliphatic carbocycles. The van der Waals surface area contributed by atoms with Gasteiger partial charge < -0.3 is 10.1 Å². The molecule has 0 spiro atoms. The van der Waals surface area contributed by atoms with Crippen molar-refractivity contribution < 1.29 is 26.4 Å². The fraction of sp³-hybridized carbons (Fsp3) is 0.269. The van der Waals surface area contributed by atoms with E-state index in [4.69, 9.17) is 4.74 Å².